The topological polar surface area (TPSA) is 63.2 Å². The molecule has 1 amide bonds. The number of rotatable bonds is 3. The van der Waals surface area contributed by atoms with E-state index >= 15 is 0 Å². The highest BCUT2D eigenvalue weighted by Crippen LogP contribution is 2.45. The zero-order valence-corrected chi connectivity index (χ0v) is 16.0. The Morgan fingerprint density at radius 3 is 2.59 bits per heavy atom. The van der Waals surface area contributed by atoms with Crippen LogP contribution in [0.4, 0.5) is 10.1 Å². The van der Waals surface area contributed by atoms with Gasteiger partial charge in [0.2, 0.25) is 15.7 Å². The minimum absolute atomic E-state index is 0.105. The number of carbonyl (C=O) groups excluding carboxylic acids is 1. The van der Waals surface area contributed by atoms with Gasteiger partial charge in [-0.05, 0) is 42.3 Å². The maximum Gasteiger partial charge on any atom is 0.225 e. The normalized spacial score (nSPS) is 16.7. The summed E-state index contributed by atoms with van der Waals surface area (Å²) in [5.41, 5.74) is 1.97. The number of anilines is 1. The lowest BCUT2D eigenvalue weighted by Gasteiger charge is -2.23. The molecular formula is C20H16FNO3S2. The molecule has 2 heterocycles. The van der Waals surface area contributed by atoms with Crippen molar-refractivity contribution in [1.82, 2.24) is 0 Å². The second-order valence-corrected chi connectivity index (χ2v) is 9.34. The molecule has 138 valence electrons. The molecule has 4 nitrogen and oxygen atoms in total. The van der Waals surface area contributed by atoms with Gasteiger partial charge in [0.15, 0.2) is 0 Å². The number of benzene rings is 2. The van der Waals surface area contributed by atoms with Crippen LogP contribution in [-0.2, 0) is 14.6 Å². The van der Waals surface area contributed by atoms with Gasteiger partial charge in [0.05, 0.1) is 10.6 Å². The fourth-order valence-corrected chi connectivity index (χ4v) is 6.29. The summed E-state index contributed by atoms with van der Waals surface area (Å²) in [5.74, 6) is -0.898. The molecule has 0 fully saturated rings. The molecule has 2 aromatic carbocycles. The highest BCUT2D eigenvalue weighted by molar-refractivity contribution is 7.91. The van der Waals surface area contributed by atoms with Gasteiger partial charge in [0.1, 0.15) is 10.7 Å². The van der Waals surface area contributed by atoms with Gasteiger partial charge in [-0.2, -0.15) is 0 Å². The summed E-state index contributed by atoms with van der Waals surface area (Å²) in [4.78, 5) is 13.3. The molecule has 1 aromatic heterocycles. The van der Waals surface area contributed by atoms with Gasteiger partial charge in [0, 0.05) is 22.6 Å². The molecule has 3 aromatic rings. The number of nitrogens with one attached hydrogen (secondary N) is 1. The zero-order chi connectivity index (χ0) is 19.2. The molecule has 1 aliphatic rings. The number of hydrogen-bond acceptors (Lipinski definition) is 4. The molecule has 1 atom stereocenters. The van der Waals surface area contributed by atoms with Gasteiger partial charge < -0.3 is 5.32 Å². The fourth-order valence-electron chi connectivity index (χ4n) is 3.28. The lowest BCUT2D eigenvalue weighted by molar-refractivity contribution is -0.116. The van der Waals surface area contributed by atoms with Crippen molar-refractivity contribution < 1.29 is 17.6 Å². The van der Waals surface area contributed by atoms with Crippen LogP contribution in [0.25, 0.3) is 0 Å². The smallest absolute Gasteiger partial charge is 0.225 e. The first-order valence-corrected chi connectivity index (χ1v) is 10.7. The highest BCUT2D eigenvalue weighted by atomic mass is 32.2. The molecule has 0 aliphatic carbocycles. The largest absolute Gasteiger partial charge is 0.324 e. The van der Waals surface area contributed by atoms with E-state index in [1.54, 1.807) is 35.7 Å². The van der Waals surface area contributed by atoms with Crippen LogP contribution in [0.2, 0.25) is 0 Å². The molecule has 7 heteroatoms. The van der Waals surface area contributed by atoms with Gasteiger partial charge in [-0.1, -0.05) is 24.3 Å². The number of amides is 1. The minimum atomic E-state index is -3.76. The number of halogens is 1. The Hall–Kier alpha value is -2.51. The van der Waals surface area contributed by atoms with Crippen LogP contribution < -0.4 is 5.32 Å². The number of thiophene rings is 1. The average Bonchev–Trinajstić information content (AvgIpc) is 3.06. The predicted octanol–water partition coefficient (Wildman–Crippen LogP) is 4.50. The summed E-state index contributed by atoms with van der Waals surface area (Å²) < 4.78 is 39.5. The van der Waals surface area contributed by atoms with Crippen molar-refractivity contribution in [3.63, 3.8) is 0 Å². The Balaban J connectivity index is 1.83. The van der Waals surface area contributed by atoms with Crippen LogP contribution in [0.1, 0.15) is 28.3 Å². The van der Waals surface area contributed by atoms with Crippen LogP contribution >= 0.6 is 11.3 Å². The maximum absolute atomic E-state index is 13.3. The third kappa shape index (κ3) is 3.17. The molecule has 27 heavy (non-hydrogen) atoms. The molecular weight excluding hydrogens is 385 g/mol. The lowest BCUT2D eigenvalue weighted by Crippen LogP contribution is -2.23. The SMILES string of the molecule is Cc1cccc(S(=O)(=O)c2csc3c2NC(=O)C[C@H]3c2ccc(F)cc2)c1. The van der Waals surface area contributed by atoms with E-state index in [9.17, 15) is 17.6 Å². The van der Waals surface area contributed by atoms with Crippen LogP contribution in [0, 0.1) is 12.7 Å². The monoisotopic (exact) mass is 401 g/mol. The zero-order valence-electron chi connectivity index (χ0n) is 14.4. The van der Waals surface area contributed by atoms with Crippen molar-refractivity contribution in [3.8, 4) is 0 Å². The van der Waals surface area contributed by atoms with E-state index < -0.39 is 9.84 Å². The summed E-state index contributed by atoms with van der Waals surface area (Å²) >= 11 is 1.30. The Bertz CT molecular complexity index is 1130. The van der Waals surface area contributed by atoms with Gasteiger partial charge in [-0.25, -0.2) is 12.8 Å². The van der Waals surface area contributed by atoms with E-state index in [1.165, 1.54) is 23.5 Å². The first kappa shape index (κ1) is 17.9. The van der Waals surface area contributed by atoms with Gasteiger partial charge >= 0.3 is 0 Å². The van der Waals surface area contributed by atoms with Crippen LogP contribution in [0.15, 0.2) is 63.7 Å². The summed E-state index contributed by atoms with van der Waals surface area (Å²) in [6.45, 7) is 1.83. The molecule has 0 saturated heterocycles. The van der Waals surface area contributed by atoms with Gasteiger partial charge in [0.25, 0.3) is 0 Å². The van der Waals surface area contributed by atoms with Crippen LogP contribution in [0.5, 0.6) is 0 Å². The molecule has 4 rings (SSSR count). The van der Waals surface area contributed by atoms with E-state index in [4.69, 9.17) is 0 Å². The van der Waals surface area contributed by atoms with E-state index in [1.807, 2.05) is 13.0 Å². The maximum atomic E-state index is 13.3. The van der Waals surface area contributed by atoms with Crippen molar-refractivity contribution in [3.05, 3.63) is 75.7 Å². The predicted molar refractivity (Wildman–Crippen MR) is 102 cm³/mol. The van der Waals surface area contributed by atoms with Crippen LogP contribution in [-0.4, -0.2) is 14.3 Å². The Morgan fingerprint density at radius 1 is 1.15 bits per heavy atom. The van der Waals surface area contributed by atoms with Crippen molar-refractivity contribution in [2.24, 2.45) is 0 Å². The van der Waals surface area contributed by atoms with Crippen molar-refractivity contribution in [2.45, 2.75) is 29.1 Å². The molecule has 0 spiro atoms. The van der Waals surface area contributed by atoms with E-state index in [0.717, 1.165) is 16.0 Å². The summed E-state index contributed by atoms with van der Waals surface area (Å²) in [6.07, 6.45) is 0.197. The quantitative estimate of drug-likeness (QED) is 0.703. The third-order valence-electron chi connectivity index (χ3n) is 4.62. The van der Waals surface area contributed by atoms with E-state index in [2.05, 4.69) is 5.32 Å². The highest BCUT2D eigenvalue weighted by Gasteiger charge is 2.34. The number of hydrogen-bond donors (Lipinski definition) is 1. The molecule has 0 saturated carbocycles. The summed E-state index contributed by atoms with van der Waals surface area (Å²) in [6, 6.07) is 12.7. The first-order chi connectivity index (χ1) is 12.9. The van der Waals surface area contributed by atoms with Crippen molar-refractivity contribution in [2.75, 3.05) is 5.32 Å². The molecule has 0 unspecified atom stereocenters. The molecule has 1 N–H and O–H groups in total. The Kier molecular flexibility index (Phi) is 4.36. The minimum Gasteiger partial charge on any atom is -0.324 e. The number of sulfone groups is 1. The van der Waals surface area contributed by atoms with Crippen molar-refractivity contribution in [1.29, 1.82) is 0 Å². The second-order valence-electron chi connectivity index (χ2n) is 6.52. The van der Waals surface area contributed by atoms with Gasteiger partial charge in [-0.3, -0.25) is 4.79 Å². The number of carbonyl (C=O) groups is 1. The summed E-state index contributed by atoms with van der Waals surface area (Å²) in [7, 11) is -3.76. The van der Waals surface area contributed by atoms with Crippen molar-refractivity contribution >= 4 is 32.8 Å². The molecule has 1 aliphatic heterocycles. The Labute approximate surface area is 160 Å². The number of fused-ring (bicyclic) bond motifs is 1. The van der Waals surface area contributed by atoms with E-state index in [0.29, 0.717) is 5.69 Å². The molecule has 0 radical (unpaired) electrons. The second kappa shape index (κ2) is 6.58. The standard InChI is InChI=1S/C20H16FNO3S2/c1-12-3-2-4-15(9-12)27(24,25)17-11-26-20-16(10-18(23)22-19(17)20)13-5-7-14(21)8-6-13/h2-9,11,16H,10H2,1H3,(H,22,23)/t16-/m0/s1. The first-order valence-electron chi connectivity index (χ1n) is 8.35. The average molecular weight is 401 g/mol. The van der Waals surface area contributed by atoms with Crippen LogP contribution in [0.3, 0.4) is 0 Å². The fraction of sp³-hybridized carbons (Fsp3) is 0.150. The summed E-state index contributed by atoms with van der Waals surface area (Å²) in [5, 5.41) is 4.30. The van der Waals surface area contributed by atoms with E-state index in [-0.39, 0.29) is 33.9 Å². The van der Waals surface area contributed by atoms with Gasteiger partial charge in [-0.15, -0.1) is 11.3 Å². The Morgan fingerprint density at radius 2 is 1.89 bits per heavy atom. The third-order valence-corrected chi connectivity index (χ3v) is 7.64. The molecule has 0 bridgehead atoms. The number of aryl methyl sites for hydroxylation is 1. The lowest BCUT2D eigenvalue weighted by atomic mass is 9.91.